The molecule has 0 aliphatic rings. The number of halogens is 5. The average molecular weight is 507 g/mol. The fourth-order valence-corrected chi connectivity index (χ4v) is 4.11. The maximum Gasteiger partial charge on any atom is 0.399 e. The lowest BCUT2D eigenvalue weighted by Crippen LogP contribution is -2.41. The fraction of sp³-hybridized carbons (Fsp3) is 0.231. The zero-order chi connectivity index (χ0) is 25.1. The minimum absolute atomic E-state index is 0.0503. The Labute approximate surface area is 206 Å². The van der Waals surface area contributed by atoms with Crippen molar-refractivity contribution in [2.24, 2.45) is 0 Å². The van der Waals surface area contributed by atoms with Gasteiger partial charge in [0.1, 0.15) is 0 Å². The van der Waals surface area contributed by atoms with Crippen LogP contribution in [0, 0.1) is 6.92 Å². The van der Waals surface area contributed by atoms with E-state index in [2.05, 4.69) is 10.3 Å². The summed E-state index contributed by atoms with van der Waals surface area (Å²) in [7, 11) is 0. The van der Waals surface area contributed by atoms with Crippen molar-refractivity contribution in [3.05, 3.63) is 105 Å². The Balaban J connectivity index is 1.83. The number of pyridine rings is 1. The molecule has 0 radical (unpaired) electrons. The van der Waals surface area contributed by atoms with Gasteiger partial charge in [0, 0.05) is 21.8 Å². The third-order valence-corrected chi connectivity index (χ3v) is 5.74. The predicted octanol–water partition coefficient (Wildman–Crippen LogP) is 7.72. The molecule has 3 nitrogen and oxygen atoms in total. The number of nitrogens with one attached hydrogen (secondary N) is 1. The van der Waals surface area contributed by atoms with Crippen molar-refractivity contribution in [3.8, 4) is 0 Å². The molecule has 1 N–H and O–H groups in total. The Morgan fingerprint density at radius 1 is 1.03 bits per heavy atom. The van der Waals surface area contributed by atoms with Gasteiger partial charge in [-0.1, -0.05) is 53.6 Å². The van der Waals surface area contributed by atoms with Gasteiger partial charge in [0.25, 0.3) is 5.91 Å². The van der Waals surface area contributed by atoms with Gasteiger partial charge in [-0.3, -0.25) is 9.78 Å². The topological polar surface area (TPSA) is 42.0 Å². The lowest BCUT2D eigenvalue weighted by molar-refractivity contribution is -0.139. The summed E-state index contributed by atoms with van der Waals surface area (Å²) in [5, 5.41) is 3.22. The second-order valence-corrected chi connectivity index (χ2v) is 9.32. The highest BCUT2D eigenvalue weighted by Crippen LogP contribution is 2.38. The number of aryl methyl sites for hydroxylation is 1. The minimum Gasteiger partial charge on any atom is -0.342 e. The van der Waals surface area contributed by atoms with E-state index in [1.807, 2.05) is 26.0 Å². The molecular weight excluding hydrogens is 484 g/mol. The second kappa shape index (κ2) is 10.2. The molecule has 1 heterocycles. The highest BCUT2D eigenvalue weighted by atomic mass is 35.5. The number of alkyl halides is 3. The van der Waals surface area contributed by atoms with Crippen molar-refractivity contribution in [3.63, 3.8) is 0 Å². The van der Waals surface area contributed by atoms with Crippen LogP contribution < -0.4 is 5.32 Å². The summed E-state index contributed by atoms with van der Waals surface area (Å²) in [6.45, 7) is 5.43. The third kappa shape index (κ3) is 6.39. The van der Waals surface area contributed by atoms with Gasteiger partial charge in [0.05, 0.1) is 17.2 Å². The zero-order valence-electron chi connectivity index (χ0n) is 18.8. The molecule has 0 spiro atoms. The quantitative estimate of drug-likeness (QED) is 0.371. The molecule has 0 aliphatic heterocycles. The SMILES string of the molecule is Cc1cc(/C=C/C(c2cc(Cl)cc(Cl)c2)C(F)(F)F)ccc1C(=O)NC(C)(C)c1ccccn1. The molecule has 0 bridgehead atoms. The van der Waals surface area contributed by atoms with Crippen molar-refractivity contribution >= 4 is 35.2 Å². The van der Waals surface area contributed by atoms with E-state index in [9.17, 15) is 18.0 Å². The zero-order valence-corrected chi connectivity index (χ0v) is 20.3. The number of carbonyl (C=O) groups excluding carboxylic acids is 1. The first-order chi connectivity index (χ1) is 15.9. The van der Waals surface area contributed by atoms with Gasteiger partial charge in [-0.05, 0) is 73.9 Å². The van der Waals surface area contributed by atoms with Gasteiger partial charge in [0.2, 0.25) is 0 Å². The molecule has 8 heteroatoms. The Hall–Kier alpha value is -2.83. The molecule has 1 atom stereocenters. The molecule has 3 aromatic rings. The van der Waals surface area contributed by atoms with Crippen LogP contribution >= 0.6 is 23.2 Å². The summed E-state index contributed by atoms with van der Waals surface area (Å²) >= 11 is 11.8. The van der Waals surface area contributed by atoms with E-state index in [1.54, 1.807) is 37.4 Å². The maximum absolute atomic E-state index is 13.7. The molecule has 1 amide bonds. The van der Waals surface area contributed by atoms with E-state index in [0.717, 1.165) is 6.08 Å². The van der Waals surface area contributed by atoms with Gasteiger partial charge in [-0.15, -0.1) is 0 Å². The van der Waals surface area contributed by atoms with Crippen LogP contribution in [0.3, 0.4) is 0 Å². The number of hydrogen-bond donors (Lipinski definition) is 1. The van der Waals surface area contributed by atoms with E-state index < -0.39 is 17.6 Å². The molecule has 0 aliphatic carbocycles. The summed E-state index contributed by atoms with van der Waals surface area (Å²) in [6, 6.07) is 14.2. The first-order valence-corrected chi connectivity index (χ1v) is 11.2. The van der Waals surface area contributed by atoms with E-state index in [1.165, 1.54) is 24.3 Å². The van der Waals surface area contributed by atoms with Crippen LogP contribution in [0.5, 0.6) is 0 Å². The van der Waals surface area contributed by atoms with E-state index >= 15 is 0 Å². The number of carbonyl (C=O) groups is 1. The number of allylic oxidation sites excluding steroid dienone is 1. The normalized spacial score (nSPS) is 13.2. The molecule has 0 saturated carbocycles. The minimum atomic E-state index is -4.53. The monoisotopic (exact) mass is 506 g/mol. The smallest absolute Gasteiger partial charge is 0.342 e. The lowest BCUT2D eigenvalue weighted by Gasteiger charge is -2.26. The highest BCUT2D eigenvalue weighted by molar-refractivity contribution is 6.34. The van der Waals surface area contributed by atoms with Crippen LogP contribution in [0.1, 0.15) is 52.5 Å². The number of hydrogen-bond acceptors (Lipinski definition) is 2. The number of rotatable bonds is 6. The van der Waals surface area contributed by atoms with Gasteiger partial charge >= 0.3 is 6.18 Å². The predicted molar refractivity (Wildman–Crippen MR) is 130 cm³/mol. The van der Waals surface area contributed by atoms with E-state index in [-0.39, 0.29) is 21.5 Å². The molecular formula is C26H23Cl2F3N2O. The largest absolute Gasteiger partial charge is 0.399 e. The third-order valence-electron chi connectivity index (χ3n) is 5.30. The molecule has 178 valence electrons. The Kier molecular flexibility index (Phi) is 7.74. The van der Waals surface area contributed by atoms with E-state index in [4.69, 9.17) is 23.2 Å². The van der Waals surface area contributed by atoms with Crippen molar-refractivity contribution in [1.82, 2.24) is 10.3 Å². The standard InChI is InChI=1S/C26H23Cl2F3N2O/c1-16-12-17(8-10-22(26(29,30)31)18-13-19(27)15-20(28)14-18)7-9-21(16)24(34)33-25(2,3)23-6-4-5-11-32-23/h4-15,22H,1-3H3,(H,33,34)/b10-8+. The molecule has 1 aromatic heterocycles. The Bertz CT molecular complexity index is 1190. The van der Waals surface area contributed by atoms with Crippen LogP contribution in [0.25, 0.3) is 6.08 Å². The number of amides is 1. The number of benzene rings is 2. The molecule has 2 aromatic carbocycles. The van der Waals surface area contributed by atoms with Crippen molar-refractivity contribution in [2.75, 3.05) is 0 Å². The second-order valence-electron chi connectivity index (χ2n) is 8.45. The van der Waals surface area contributed by atoms with Gasteiger partial charge in [-0.25, -0.2) is 0 Å². The van der Waals surface area contributed by atoms with Gasteiger partial charge < -0.3 is 5.32 Å². The summed E-state index contributed by atoms with van der Waals surface area (Å²) in [6.07, 6.45) is -0.447. The van der Waals surface area contributed by atoms with Crippen LogP contribution in [0.4, 0.5) is 13.2 Å². The summed E-state index contributed by atoms with van der Waals surface area (Å²) in [4.78, 5) is 17.2. The highest BCUT2D eigenvalue weighted by Gasteiger charge is 2.39. The average Bonchev–Trinajstić information content (AvgIpc) is 2.72. The number of aromatic nitrogens is 1. The van der Waals surface area contributed by atoms with Gasteiger partial charge in [0.15, 0.2) is 0 Å². The molecule has 0 fully saturated rings. The Morgan fingerprint density at radius 3 is 2.26 bits per heavy atom. The number of nitrogens with zero attached hydrogens (tertiary/aromatic N) is 1. The fourth-order valence-electron chi connectivity index (χ4n) is 3.56. The van der Waals surface area contributed by atoms with E-state index in [0.29, 0.717) is 22.4 Å². The Morgan fingerprint density at radius 2 is 1.71 bits per heavy atom. The van der Waals surface area contributed by atoms with Crippen molar-refractivity contribution in [1.29, 1.82) is 0 Å². The summed E-state index contributed by atoms with van der Waals surface area (Å²) in [5.41, 5.74) is 1.54. The van der Waals surface area contributed by atoms with Crippen LogP contribution in [-0.4, -0.2) is 17.1 Å². The van der Waals surface area contributed by atoms with Crippen LogP contribution in [-0.2, 0) is 5.54 Å². The van der Waals surface area contributed by atoms with Crippen LogP contribution in [0.2, 0.25) is 10.0 Å². The van der Waals surface area contributed by atoms with Crippen molar-refractivity contribution in [2.45, 2.75) is 38.4 Å². The molecule has 0 saturated heterocycles. The summed E-state index contributed by atoms with van der Waals surface area (Å²) in [5.74, 6) is -2.18. The molecule has 34 heavy (non-hydrogen) atoms. The lowest BCUT2D eigenvalue weighted by atomic mass is 9.96. The first-order valence-electron chi connectivity index (χ1n) is 10.4. The maximum atomic E-state index is 13.7. The summed E-state index contributed by atoms with van der Waals surface area (Å²) < 4.78 is 41.2. The first kappa shape index (κ1) is 25.8. The molecule has 1 unspecified atom stereocenters. The van der Waals surface area contributed by atoms with Gasteiger partial charge in [-0.2, -0.15) is 13.2 Å². The van der Waals surface area contributed by atoms with Crippen molar-refractivity contribution < 1.29 is 18.0 Å². The van der Waals surface area contributed by atoms with Crippen LogP contribution in [0.15, 0.2) is 66.9 Å². The molecule has 3 rings (SSSR count).